The van der Waals surface area contributed by atoms with Gasteiger partial charge in [0.1, 0.15) is 11.5 Å². The Hall–Kier alpha value is -2.22. The Bertz CT molecular complexity index is 755. The van der Waals surface area contributed by atoms with Gasteiger partial charge >= 0.3 is 0 Å². The lowest BCUT2D eigenvalue weighted by atomic mass is 9.83. The second kappa shape index (κ2) is 8.86. The Morgan fingerprint density at radius 2 is 0.964 bits per heavy atom. The van der Waals surface area contributed by atoms with Crippen LogP contribution in [0.15, 0.2) is 36.4 Å². The first kappa shape index (κ1) is 19.1. The fourth-order valence-electron chi connectivity index (χ4n) is 5.03. The van der Waals surface area contributed by atoms with Gasteiger partial charge in [0.25, 0.3) is 0 Å². The normalized spacial score (nSPS) is 19.3. The third-order valence-electron chi connectivity index (χ3n) is 6.66. The Morgan fingerprint density at radius 1 is 0.571 bits per heavy atom. The average Bonchev–Trinajstić information content (AvgIpc) is 2.75. The summed E-state index contributed by atoms with van der Waals surface area (Å²) in [6.07, 6.45) is 16.7. The van der Waals surface area contributed by atoms with E-state index in [0.717, 1.165) is 22.3 Å². The lowest BCUT2D eigenvalue weighted by Gasteiger charge is -2.23. The molecule has 2 heteroatoms. The van der Waals surface area contributed by atoms with Crippen molar-refractivity contribution in [3.8, 4) is 11.5 Å². The van der Waals surface area contributed by atoms with Crippen molar-refractivity contribution in [1.29, 1.82) is 0 Å². The molecule has 0 aliphatic heterocycles. The molecule has 0 atom stereocenters. The Labute approximate surface area is 168 Å². The van der Waals surface area contributed by atoms with Crippen LogP contribution in [0.4, 0.5) is 0 Å². The van der Waals surface area contributed by atoms with Gasteiger partial charge in [-0.25, -0.2) is 0 Å². The summed E-state index contributed by atoms with van der Waals surface area (Å²) in [5.41, 5.74) is 4.47. The molecule has 0 radical (unpaired) electrons. The predicted octanol–water partition coefficient (Wildman–Crippen LogP) is 7.36. The molecule has 148 valence electrons. The summed E-state index contributed by atoms with van der Waals surface area (Å²) in [4.78, 5) is 0. The summed E-state index contributed by atoms with van der Waals surface area (Å²) in [7, 11) is 0. The van der Waals surface area contributed by atoms with E-state index in [1.54, 1.807) is 0 Å². The zero-order chi connectivity index (χ0) is 19.3. The van der Waals surface area contributed by atoms with Gasteiger partial charge in [-0.2, -0.15) is 0 Å². The lowest BCUT2D eigenvalue weighted by Crippen LogP contribution is -2.05. The fraction of sp³-hybridized carbons (Fsp3) is 0.462. The van der Waals surface area contributed by atoms with Crippen LogP contribution in [0.25, 0.3) is 12.2 Å². The number of phenolic OH excluding ortho intramolecular Hbond substituents is 2. The van der Waals surface area contributed by atoms with Crippen molar-refractivity contribution in [3.05, 3.63) is 58.7 Å². The summed E-state index contributed by atoms with van der Waals surface area (Å²) < 4.78 is 0. The van der Waals surface area contributed by atoms with Crippen LogP contribution in [-0.2, 0) is 0 Å². The number of rotatable bonds is 4. The molecule has 0 amide bonds. The molecule has 2 fully saturated rings. The largest absolute Gasteiger partial charge is 0.508 e. The quantitative estimate of drug-likeness (QED) is 0.547. The maximum Gasteiger partial charge on any atom is 0.119 e. The molecule has 2 aliphatic carbocycles. The molecule has 2 N–H and O–H groups in total. The van der Waals surface area contributed by atoms with E-state index in [9.17, 15) is 10.2 Å². The van der Waals surface area contributed by atoms with Crippen LogP contribution in [-0.4, -0.2) is 10.2 Å². The summed E-state index contributed by atoms with van der Waals surface area (Å²) >= 11 is 0. The van der Waals surface area contributed by atoms with Crippen molar-refractivity contribution in [2.75, 3.05) is 0 Å². The zero-order valence-corrected chi connectivity index (χ0v) is 16.7. The number of hydrogen-bond donors (Lipinski definition) is 2. The monoisotopic (exact) mass is 376 g/mol. The molecule has 0 spiro atoms. The van der Waals surface area contributed by atoms with Gasteiger partial charge < -0.3 is 10.2 Å². The van der Waals surface area contributed by atoms with Gasteiger partial charge in [-0.15, -0.1) is 0 Å². The van der Waals surface area contributed by atoms with E-state index in [0.29, 0.717) is 23.3 Å². The maximum absolute atomic E-state index is 10.3. The van der Waals surface area contributed by atoms with Crippen LogP contribution >= 0.6 is 0 Å². The molecule has 2 aliphatic rings. The Morgan fingerprint density at radius 3 is 1.36 bits per heavy atom. The van der Waals surface area contributed by atoms with Gasteiger partial charge in [-0.3, -0.25) is 0 Å². The van der Waals surface area contributed by atoms with Gasteiger partial charge in [0, 0.05) is 0 Å². The molecular weight excluding hydrogens is 344 g/mol. The van der Waals surface area contributed by atoms with Crippen molar-refractivity contribution in [3.63, 3.8) is 0 Å². The summed E-state index contributed by atoms with van der Waals surface area (Å²) in [6, 6.07) is 12.0. The number of benzene rings is 2. The summed E-state index contributed by atoms with van der Waals surface area (Å²) in [6.45, 7) is 0. The molecule has 0 heterocycles. The van der Waals surface area contributed by atoms with Crippen molar-refractivity contribution in [2.24, 2.45) is 0 Å². The smallest absolute Gasteiger partial charge is 0.119 e. The van der Waals surface area contributed by atoms with Crippen molar-refractivity contribution < 1.29 is 10.2 Å². The lowest BCUT2D eigenvalue weighted by molar-refractivity contribution is 0.414. The van der Waals surface area contributed by atoms with Crippen LogP contribution in [0.3, 0.4) is 0 Å². The predicted molar refractivity (Wildman–Crippen MR) is 117 cm³/mol. The van der Waals surface area contributed by atoms with Gasteiger partial charge in [0.15, 0.2) is 0 Å². The van der Waals surface area contributed by atoms with Gasteiger partial charge in [0.2, 0.25) is 0 Å². The van der Waals surface area contributed by atoms with Crippen LogP contribution in [0.1, 0.15) is 98.3 Å². The van der Waals surface area contributed by atoms with E-state index in [4.69, 9.17) is 0 Å². The topological polar surface area (TPSA) is 40.5 Å². The molecular formula is C26H32O2. The van der Waals surface area contributed by atoms with E-state index in [1.807, 2.05) is 24.3 Å². The average molecular weight is 377 g/mol. The third kappa shape index (κ3) is 4.43. The Kier molecular flexibility index (Phi) is 6.04. The number of hydrogen-bond acceptors (Lipinski definition) is 2. The molecule has 0 bridgehead atoms. The SMILES string of the molecule is Oc1ccc(C=Cc2ccc(O)c(C3CCCCC3)c2)cc1C1CCCCC1. The highest BCUT2D eigenvalue weighted by Gasteiger charge is 2.19. The van der Waals surface area contributed by atoms with E-state index >= 15 is 0 Å². The maximum atomic E-state index is 10.3. The minimum atomic E-state index is 0.438. The van der Waals surface area contributed by atoms with Gasteiger partial charge in [0.05, 0.1) is 0 Å². The van der Waals surface area contributed by atoms with Crippen LogP contribution in [0, 0.1) is 0 Å². The first-order chi connectivity index (χ1) is 13.7. The Balaban J connectivity index is 1.54. The minimum Gasteiger partial charge on any atom is -0.508 e. The summed E-state index contributed by atoms with van der Waals surface area (Å²) in [5.74, 6) is 1.86. The van der Waals surface area contributed by atoms with Crippen LogP contribution in [0.2, 0.25) is 0 Å². The molecule has 28 heavy (non-hydrogen) atoms. The molecule has 2 saturated carbocycles. The van der Waals surface area contributed by atoms with Gasteiger partial charge in [-0.1, -0.05) is 62.8 Å². The van der Waals surface area contributed by atoms with E-state index in [-0.39, 0.29) is 0 Å². The van der Waals surface area contributed by atoms with Crippen LogP contribution < -0.4 is 0 Å². The molecule has 2 aromatic carbocycles. The summed E-state index contributed by atoms with van der Waals surface area (Å²) in [5, 5.41) is 20.7. The minimum absolute atomic E-state index is 0.438. The number of phenols is 2. The third-order valence-corrected chi connectivity index (χ3v) is 6.66. The second-order valence-corrected chi connectivity index (χ2v) is 8.64. The molecule has 0 aromatic heterocycles. The number of aromatic hydroxyl groups is 2. The van der Waals surface area contributed by atoms with Crippen molar-refractivity contribution in [1.82, 2.24) is 0 Å². The first-order valence-corrected chi connectivity index (χ1v) is 11.0. The van der Waals surface area contributed by atoms with Crippen molar-refractivity contribution in [2.45, 2.75) is 76.0 Å². The van der Waals surface area contributed by atoms with Gasteiger partial charge in [-0.05, 0) is 84.0 Å². The van der Waals surface area contributed by atoms with E-state index < -0.39 is 0 Å². The van der Waals surface area contributed by atoms with Crippen LogP contribution in [0.5, 0.6) is 11.5 Å². The van der Waals surface area contributed by atoms with Crippen molar-refractivity contribution >= 4 is 12.2 Å². The standard InChI is InChI=1S/C26H32O2/c27-25-15-13-19(17-23(25)21-7-3-1-4-8-21)11-12-20-14-16-26(28)24(18-20)22-9-5-2-6-10-22/h11-18,21-22,27-28H,1-10H2. The van der Waals surface area contributed by atoms with E-state index in [1.165, 1.54) is 64.2 Å². The molecule has 0 unspecified atom stereocenters. The fourth-order valence-corrected chi connectivity index (χ4v) is 5.03. The molecule has 0 saturated heterocycles. The first-order valence-electron chi connectivity index (χ1n) is 11.0. The zero-order valence-electron chi connectivity index (χ0n) is 16.7. The van der Waals surface area contributed by atoms with E-state index in [2.05, 4.69) is 24.3 Å². The molecule has 2 nitrogen and oxygen atoms in total. The molecule has 2 aromatic rings. The highest BCUT2D eigenvalue weighted by Crippen LogP contribution is 2.39. The highest BCUT2D eigenvalue weighted by atomic mass is 16.3. The highest BCUT2D eigenvalue weighted by molar-refractivity contribution is 5.71. The molecule has 4 rings (SSSR count). The second-order valence-electron chi connectivity index (χ2n) is 8.64.